The van der Waals surface area contributed by atoms with Crippen LogP contribution in [0.1, 0.15) is 17.3 Å². The van der Waals surface area contributed by atoms with Gasteiger partial charge in [-0.3, -0.25) is 0 Å². The van der Waals surface area contributed by atoms with Crippen LogP contribution in [0.15, 0.2) is 12.5 Å². The van der Waals surface area contributed by atoms with E-state index in [2.05, 4.69) is 26.7 Å². The third-order valence-electron chi connectivity index (χ3n) is 3.22. The summed E-state index contributed by atoms with van der Waals surface area (Å²) in [6.07, 6.45) is 2.98. The Bertz CT molecular complexity index is 416. The van der Waals surface area contributed by atoms with E-state index in [0.29, 0.717) is 11.4 Å². The SMILES string of the molecule is CCN1CCN(c2ncncc2C(=O)OC)CC1. The number of esters is 1. The molecule has 0 spiro atoms. The number of methoxy groups -OCH3 is 1. The van der Waals surface area contributed by atoms with Gasteiger partial charge in [-0.2, -0.15) is 0 Å². The molecule has 1 saturated heterocycles. The van der Waals surface area contributed by atoms with Crippen LogP contribution in [0.4, 0.5) is 5.82 Å². The van der Waals surface area contributed by atoms with Gasteiger partial charge in [0.05, 0.1) is 7.11 Å². The molecule has 18 heavy (non-hydrogen) atoms. The van der Waals surface area contributed by atoms with E-state index in [-0.39, 0.29) is 5.97 Å². The maximum atomic E-state index is 11.7. The molecule has 2 heterocycles. The predicted octanol–water partition coefficient (Wildman–Crippen LogP) is 0.405. The van der Waals surface area contributed by atoms with E-state index in [1.807, 2.05) is 0 Å². The molecular formula is C12H18N4O2. The minimum absolute atomic E-state index is 0.386. The molecule has 0 unspecified atom stereocenters. The molecule has 0 N–H and O–H groups in total. The van der Waals surface area contributed by atoms with Crippen molar-refractivity contribution in [1.82, 2.24) is 14.9 Å². The third kappa shape index (κ3) is 2.59. The van der Waals surface area contributed by atoms with Gasteiger partial charge in [-0.05, 0) is 6.54 Å². The summed E-state index contributed by atoms with van der Waals surface area (Å²) >= 11 is 0. The Balaban J connectivity index is 2.16. The normalized spacial score (nSPS) is 16.7. The second-order valence-electron chi connectivity index (χ2n) is 4.17. The van der Waals surface area contributed by atoms with Crippen molar-refractivity contribution in [2.45, 2.75) is 6.92 Å². The standard InChI is InChI=1S/C12H18N4O2/c1-3-15-4-6-16(7-5-15)11-10(12(17)18-2)8-13-9-14-11/h8-9H,3-7H2,1-2H3. The van der Waals surface area contributed by atoms with Crippen molar-refractivity contribution in [2.75, 3.05) is 44.7 Å². The molecule has 1 aliphatic rings. The van der Waals surface area contributed by atoms with E-state index in [0.717, 1.165) is 32.7 Å². The number of carbonyl (C=O) groups is 1. The van der Waals surface area contributed by atoms with Gasteiger partial charge in [0.15, 0.2) is 0 Å². The highest BCUT2D eigenvalue weighted by Gasteiger charge is 2.22. The fourth-order valence-corrected chi connectivity index (χ4v) is 2.11. The van der Waals surface area contributed by atoms with E-state index in [1.165, 1.54) is 19.6 Å². The summed E-state index contributed by atoms with van der Waals surface area (Å²) in [6, 6.07) is 0. The van der Waals surface area contributed by atoms with E-state index in [9.17, 15) is 4.79 Å². The highest BCUT2D eigenvalue weighted by atomic mass is 16.5. The van der Waals surface area contributed by atoms with Crippen molar-refractivity contribution in [1.29, 1.82) is 0 Å². The summed E-state index contributed by atoms with van der Waals surface area (Å²) < 4.78 is 4.75. The molecule has 0 radical (unpaired) electrons. The van der Waals surface area contributed by atoms with Gasteiger partial charge >= 0.3 is 5.97 Å². The second-order valence-corrected chi connectivity index (χ2v) is 4.17. The molecule has 1 fully saturated rings. The molecule has 0 aromatic carbocycles. The van der Waals surface area contributed by atoms with Crippen molar-refractivity contribution in [3.63, 3.8) is 0 Å². The Morgan fingerprint density at radius 1 is 1.39 bits per heavy atom. The summed E-state index contributed by atoms with van der Waals surface area (Å²) in [6.45, 7) is 6.92. The van der Waals surface area contributed by atoms with Gasteiger partial charge in [0, 0.05) is 32.4 Å². The van der Waals surface area contributed by atoms with Gasteiger partial charge in [0.1, 0.15) is 17.7 Å². The van der Waals surface area contributed by atoms with Crippen LogP contribution in [0.2, 0.25) is 0 Å². The lowest BCUT2D eigenvalue weighted by Gasteiger charge is -2.35. The number of rotatable bonds is 3. The summed E-state index contributed by atoms with van der Waals surface area (Å²) in [5.41, 5.74) is 0.435. The molecule has 1 aromatic rings. The number of anilines is 1. The van der Waals surface area contributed by atoms with Crippen molar-refractivity contribution in [3.05, 3.63) is 18.1 Å². The van der Waals surface area contributed by atoms with Crippen LogP contribution in [0.25, 0.3) is 0 Å². The molecule has 0 bridgehead atoms. The lowest BCUT2D eigenvalue weighted by atomic mass is 10.2. The quantitative estimate of drug-likeness (QED) is 0.724. The van der Waals surface area contributed by atoms with Crippen LogP contribution in [0.5, 0.6) is 0 Å². The maximum absolute atomic E-state index is 11.7. The van der Waals surface area contributed by atoms with Crippen molar-refractivity contribution >= 4 is 11.8 Å². The smallest absolute Gasteiger partial charge is 0.343 e. The van der Waals surface area contributed by atoms with E-state index >= 15 is 0 Å². The van der Waals surface area contributed by atoms with Gasteiger partial charge in [-0.1, -0.05) is 6.92 Å². The molecule has 0 atom stereocenters. The van der Waals surface area contributed by atoms with Gasteiger partial charge in [0.2, 0.25) is 0 Å². The molecule has 6 nitrogen and oxygen atoms in total. The number of carbonyl (C=O) groups excluding carboxylic acids is 1. The number of ether oxygens (including phenoxy) is 1. The molecule has 0 saturated carbocycles. The second kappa shape index (κ2) is 5.77. The average molecular weight is 250 g/mol. The Morgan fingerprint density at radius 3 is 2.72 bits per heavy atom. The first-order valence-electron chi connectivity index (χ1n) is 6.12. The first-order valence-corrected chi connectivity index (χ1v) is 6.12. The van der Waals surface area contributed by atoms with Gasteiger partial charge in [-0.15, -0.1) is 0 Å². The molecule has 0 amide bonds. The molecule has 98 valence electrons. The van der Waals surface area contributed by atoms with Gasteiger partial charge < -0.3 is 14.5 Å². The maximum Gasteiger partial charge on any atom is 0.343 e. The Labute approximate surface area is 107 Å². The van der Waals surface area contributed by atoms with Crippen LogP contribution >= 0.6 is 0 Å². The Kier molecular flexibility index (Phi) is 4.09. The van der Waals surface area contributed by atoms with Crippen LogP contribution in [0.3, 0.4) is 0 Å². The molecule has 0 aliphatic carbocycles. The van der Waals surface area contributed by atoms with Gasteiger partial charge in [0.25, 0.3) is 0 Å². The lowest BCUT2D eigenvalue weighted by molar-refractivity contribution is 0.0600. The molecule has 1 aliphatic heterocycles. The first kappa shape index (κ1) is 12.8. The van der Waals surface area contributed by atoms with Crippen LogP contribution in [-0.4, -0.2) is 60.7 Å². The number of likely N-dealkylation sites (N-methyl/N-ethyl adjacent to an activating group) is 1. The first-order chi connectivity index (χ1) is 8.76. The number of hydrogen-bond acceptors (Lipinski definition) is 6. The minimum atomic E-state index is -0.386. The lowest BCUT2D eigenvalue weighted by Crippen LogP contribution is -2.47. The van der Waals surface area contributed by atoms with Crippen LogP contribution < -0.4 is 4.90 Å². The molecule has 2 rings (SSSR count). The van der Waals surface area contributed by atoms with E-state index in [4.69, 9.17) is 4.74 Å². The highest BCUT2D eigenvalue weighted by molar-refractivity contribution is 5.94. The topological polar surface area (TPSA) is 58.6 Å². The summed E-state index contributed by atoms with van der Waals surface area (Å²) in [4.78, 5) is 24.2. The van der Waals surface area contributed by atoms with E-state index < -0.39 is 0 Å². The zero-order chi connectivity index (χ0) is 13.0. The monoisotopic (exact) mass is 250 g/mol. The molecule has 6 heteroatoms. The Morgan fingerprint density at radius 2 is 2.11 bits per heavy atom. The van der Waals surface area contributed by atoms with Crippen molar-refractivity contribution in [3.8, 4) is 0 Å². The highest BCUT2D eigenvalue weighted by Crippen LogP contribution is 2.18. The van der Waals surface area contributed by atoms with Gasteiger partial charge in [-0.25, -0.2) is 14.8 Å². The van der Waals surface area contributed by atoms with Crippen molar-refractivity contribution in [2.24, 2.45) is 0 Å². The third-order valence-corrected chi connectivity index (χ3v) is 3.22. The zero-order valence-electron chi connectivity index (χ0n) is 10.8. The van der Waals surface area contributed by atoms with Crippen molar-refractivity contribution < 1.29 is 9.53 Å². The minimum Gasteiger partial charge on any atom is -0.465 e. The predicted molar refractivity (Wildman–Crippen MR) is 67.7 cm³/mol. The average Bonchev–Trinajstić information content (AvgIpc) is 2.46. The summed E-state index contributed by atoms with van der Waals surface area (Å²) in [5, 5.41) is 0. The van der Waals surface area contributed by atoms with E-state index in [1.54, 1.807) is 0 Å². The summed E-state index contributed by atoms with van der Waals surface area (Å²) in [7, 11) is 1.37. The fourth-order valence-electron chi connectivity index (χ4n) is 2.11. The number of aromatic nitrogens is 2. The largest absolute Gasteiger partial charge is 0.465 e. The summed E-state index contributed by atoms with van der Waals surface area (Å²) in [5.74, 6) is 0.288. The zero-order valence-corrected chi connectivity index (χ0v) is 10.8. The van der Waals surface area contributed by atoms with Crippen LogP contribution in [-0.2, 0) is 4.74 Å². The Hall–Kier alpha value is -1.69. The molecule has 1 aromatic heterocycles. The fraction of sp³-hybridized carbons (Fsp3) is 0.583. The number of nitrogens with zero attached hydrogens (tertiary/aromatic N) is 4. The number of hydrogen-bond donors (Lipinski definition) is 0. The number of piperazine rings is 1. The van der Waals surface area contributed by atoms with Crippen LogP contribution in [0, 0.1) is 0 Å². The molecular weight excluding hydrogens is 232 g/mol.